The molecular formula is C17H21N5O2S. The minimum atomic E-state index is -0.339. The highest BCUT2D eigenvalue weighted by molar-refractivity contribution is 7.99. The van der Waals surface area contributed by atoms with E-state index in [-0.39, 0.29) is 18.2 Å². The Morgan fingerprint density at radius 3 is 2.64 bits per heavy atom. The number of rotatable bonds is 9. The summed E-state index contributed by atoms with van der Waals surface area (Å²) in [6, 6.07) is 9.37. The highest BCUT2D eigenvalue weighted by Gasteiger charge is 2.30. The molecule has 0 bridgehead atoms. The van der Waals surface area contributed by atoms with Gasteiger partial charge in [-0.05, 0) is 25.0 Å². The second-order valence-corrected chi connectivity index (χ2v) is 7.06. The Morgan fingerprint density at radius 2 is 1.96 bits per heavy atom. The predicted molar refractivity (Wildman–Crippen MR) is 96.2 cm³/mol. The van der Waals surface area contributed by atoms with Crippen LogP contribution in [0, 0.1) is 0 Å². The Hall–Kier alpha value is -2.35. The van der Waals surface area contributed by atoms with Gasteiger partial charge in [-0.3, -0.25) is 9.59 Å². The van der Waals surface area contributed by atoms with Gasteiger partial charge in [0.15, 0.2) is 5.16 Å². The summed E-state index contributed by atoms with van der Waals surface area (Å²) in [4.78, 5) is 23.1. The fourth-order valence-corrected chi connectivity index (χ4v) is 3.37. The van der Waals surface area contributed by atoms with Crippen LogP contribution >= 0.6 is 11.8 Å². The first kappa shape index (κ1) is 17.5. The number of hydrogen-bond acceptors (Lipinski definition) is 5. The summed E-state index contributed by atoms with van der Waals surface area (Å²) in [5.41, 5.74) is 6.05. The number of anilines is 1. The summed E-state index contributed by atoms with van der Waals surface area (Å²) < 4.78 is 1.97. The molecule has 1 saturated carbocycles. The van der Waals surface area contributed by atoms with Gasteiger partial charge in [-0.15, -0.1) is 10.2 Å². The van der Waals surface area contributed by atoms with Crippen molar-refractivity contribution in [2.45, 2.75) is 43.3 Å². The molecule has 132 valence electrons. The molecule has 0 atom stereocenters. The summed E-state index contributed by atoms with van der Waals surface area (Å²) in [6.45, 7) is 0.493. The van der Waals surface area contributed by atoms with E-state index in [1.807, 2.05) is 34.9 Å². The first-order valence-electron chi connectivity index (χ1n) is 8.32. The molecule has 2 amide bonds. The molecule has 1 heterocycles. The lowest BCUT2D eigenvalue weighted by Gasteiger charge is -2.08. The molecule has 0 unspecified atom stereocenters. The van der Waals surface area contributed by atoms with E-state index >= 15 is 0 Å². The number of amides is 2. The van der Waals surface area contributed by atoms with E-state index in [0.717, 1.165) is 29.5 Å². The Labute approximate surface area is 150 Å². The van der Waals surface area contributed by atoms with Gasteiger partial charge in [-0.1, -0.05) is 30.0 Å². The van der Waals surface area contributed by atoms with E-state index in [9.17, 15) is 9.59 Å². The SMILES string of the molecule is NC(=O)CCn1c(SCCC(=O)Nc2ccccc2)nnc1C1CC1. The highest BCUT2D eigenvalue weighted by Crippen LogP contribution is 2.40. The first-order chi connectivity index (χ1) is 12.1. The molecule has 2 aromatic rings. The van der Waals surface area contributed by atoms with E-state index in [1.54, 1.807) is 0 Å². The molecule has 3 N–H and O–H groups in total. The fraction of sp³-hybridized carbons (Fsp3) is 0.412. The zero-order valence-electron chi connectivity index (χ0n) is 13.9. The van der Waals surface area contributed by atoms with Crippen molar-refractivity contribution in [2.24, 2.45) is 5.73 Å². The number of benzene rings is 1. The lowest BCUT2D eigenvalue weighted by Crippen LogP contribution is -2.16. The molecule has 1 aliphatic carbocycles. The average Bonchev–Trinajstić information content (AvgIpc) is 3.35. The number of primary amides is 1. The summed E-state index contributed by atoms with van der Waals surface area (Å²) in [7, 11) is 0. The smallest absolute Gasteiger partial charge is 0.225 e. The van der Waals surface area contributed by atoms with Crippen LogP contribution in [0.1, 0.15) is 37.4 Å². The number of aromatic nitrogens is 3. The quantitative estimate of drug-likeness (QED) is 0.668. The van der Waals surface area contributed by atoms with Crippen molar-refractivity contribution in [3.8, 4) is 0 Å². The van der Waals surface area contributed by atoms with E-state index in [0.29, 0.717) is 24.6 Å². The minimum Gasteiger partial charge on any atom is -0.370 e. The molecule has 1 aliphatic rings. The number of nitrogens with one attached hydrogen (secondary N) is 1. The maximum absolute atomic E-state index is 12.0. The van der Waals surface area contributed by atoms with Crippen LogP contribution < -0.4 is 11.1 Å². The Balaban J connectivity index is 1.53. The Morgan fingerprint density at radius 1 is 1.20 bits per heavy atom. The topological polar surface area (TPSA) is 103 Å². The molecule has 1 fully saturated rings. The van der Waals surface area contributed by atoms with Gasteiger partial charge in [0.2, 0.25) is 11.8 Å². The lowest BCUT2D eigenvalue weighted by atomic mass is 10.3. The van der Waals surface area contributed by atoms with Gasteiger partial charge < -0.3 is 15.6 Å². The highest BCUT2D eigenvalue weighted by atomic mass is 32.2. The van der Waals surface area contributed by atoms with Crippen LogP contribution in [0.5, 0.6) is 0 Å². The number of para-hydroxylation sites is 1. The van der Waals surface area contributed by atoms with Crippen molar-refractivity contribution in [2.75, 3.05) is 11.1 Å². The van der Waals surface area contributed by atoms with Crippen LogP contribution in [0.4, 0.5) is 5.69 Å². The number of nitrogens with zero attached hydrogens (tertiary/aromatic N) is 3. The molecule has 0 saturated heterocycles. The van der Waals surface area contributed by atoms with Crippen LogP contribution in [-0.4, -0.2) is 32.3 Å². The average molecular weight is 359 g/mol. The largest absolute Gasteiger partial charge is 0.370 e. The third-order valence-electron chi connectivity index (χ3n) is 3.89. The predicted octanol–water partition coefficient (Wildman–Crippen LogP) is 2.15. The molecule has 7 nitrogen and oxygen atoms in total. The molecule has 1 aromatic heterocycles. The van der Waals surface area contributed by atoms with Gasteiger partial charge in [-0.25, -0.2) is 0 Å². The molecule has 25 heavy (non-hydrogen) atoms. The molecule has 1 aromatic carbocycles. The van der Waals surface area contributed by atoms with E-state index in [2.05, 4.69) is 15.5 Å². The molecule has 3 rings (SSSR count). The number of carbonyl (C=O) groups excluding carboxylic acids is 2. The first-order valence-corrected chi connectivity index (χ1v) is 9.31. The number of thioether (sulfide) groups is 1. The molecule has 8 heteroatoms. The zero-order valence-corrected chi connectivity index (χ0v) is 14.7. The standard InChI is InChI=1S/C17H21N5O2S/c18-14(23)8-10-22-16(12-6-7-12)20-21-17(22)25-11-9-15(24)19-13-4-2-1-3-5-13/h1-5,12H,6-11H2,(H2,18,23)(H,19,24). The molecule has 0 spiro atoms. The van der Waals surface area contributed by atoms with Crippen molar-refractivity contribution in [3.63, 3.8) is 0 Å². The maximum Gasteiger partial charge on any atom is 0.225 e. The zero-order chi connectivity index (χ0) is 17.6. The van der Waals surface area contributed by atoms with Crippen molar-refractivity contribution in [1.29, 1.82) is 0 Å². The van der Waals surface area contributed by atoms with Gasteiger partial charge >= 0.3 is 0 Å². The summed E-state index contributed by atoms with van der Waals surface area (Å²) >= 11 is 1.48. The second kappa shape index (κ2) is 8.15. The van der Waals surface area contributed by atoms with Crippen molar-refractivity contribution in [1.82, 2.24) is 14.8 Å². The van der Waals surface area contributed by atoms with Crippen molar-refractivity contribution in [3.05, 3.63) is 36.2 Å². The number of hydrogen-bond donors (Lipinski definition) is 2. The summed E-state index contributed by atoms with van der Waals surface area (Å²) in [5, 5.41) is 12.1. The van der Waals surface area contributed by atoms with Crippen LogP contribution in [0.25, 0.3) is 0 Å². The van der Waals surface area contributed by atoms with Gasteiger partial charge in [-0.2, -0.15) is 0 Å². The summed E-state index contributed by atoms with van der Waals surface area (Å²) in [6.07, 6.45) is 2.86. The molecule has 0 aliphatic heterocycles. The lowest BCUT2D eigenvalue weighted by molar-refractivity contribution is -0.118. The second-order valence-electron chi connectivity index (χ2n) is 6.00. The van der Waals surface area contributed by atoms with E-state index in [4.69, 9.17) is 5.73 Å². The van der Waals surface area contributed by atoms with Gasteiger partial charge in [0.1, 0.15) is 5.82 Å². The Bertz CT molecular complexity index is 743. The van der Waals surface area contributed by atoms with Crippen LogP contribution in [0.15, 0.2) is 35.5 Å². The van der Waals surface area contributed by atoms with E-state index < -0.39 is 0 Å². The van der Waals surface area contributed by atoms with Crippen LogP contribution in [0.3, 0.4) is 0 Å². The Kier molecular flexibility index (Phi) is 5.70. The van der Waals surface area contributed by atoms with Crippen molar-refractivity contribution >= 4 is 29.3 Å². The third kappa shape index (κ3) is 5.06. The van der Waals surface area contributed by atoms with Gasteiger partial charge in [0, 0.05) is 36.7 Å². The molecular weight excluding hydrogens is 338 g/mol. The third-order valence-corrected chi connectivity index (χ3v) is 4.86. The van der Waals surface area contributed by atoms with E-state index in [1.165, 1.54) is 11.8 Å². The van der Waals surface area contributed by atoms with Gasteiger partial charge in [0.05, 0.1) is 0 Å². The number of carbonyl (C=O) groups is 2. The van der Waals surface area contributed by atoms with Crippen LogP contribution in [-0.2, 0) is 16.1 Å². The number of nitrogens with two attached hydrogens (primary N) is 1. The van der Waals surface area contributed by atoms with Crippen molar-refractivity contribution < 1.29 is 9.59 Å². The maximum atomic E-state index is 12.0. The molecule has 0 radical (unpaired) electrons. The van der Waals surface area contributed by atoms with Gasteiger partial charge in [0.25, 0.3) is 0 Å². The monoisotopic (exact) mass is 359 g/mol. The minimum absolute atomic E-state index is 0.0377. The van der Waals surface area contributed by atoms with Crippen LogP contribution in [0.2, 0.25) is 0 Å². The summed E-state index contributed by atoms with van der Waals surface area (Å²) in [5.74, 6) is 1.59. The fourth-order valence-electron chi connectivity index (χ4n) is 2.46. The normalized spacial score (nSPS) is 13.6.